The highest BCUT2D eigenvalue weighted by Gasteiger charge is 2.41. The van der Waals surface area contributed by atoms with Gasteiger partial charge in [-0.3, -0.25) is 0 Å². The quantitative estimate of drug-likeness (QED) is 0.733. The number of carbonyl (C=O) groups excluding carboxylic acids is 1. The van der Waals surface area contributed by atoms with Crippen LogP contribution in [0.25, 0.3) is 0 Å². The number of para-hydroxylation sites is 1. The Morgan fingerprint density at radius 2 is 1.86 bits per heavy atom. The lowest BCUT2D eigenvalue weighted by molar-refractivity contribution is 0.0140. The van der Waals surface area contributed by atoms with Crippen molar-refractivity contribution >= 4 is 6.09 Å². The zero-order chi connectivity index (χ0) is 15.8. The molecular formula is C18H25NO3. The van der Waals surface area contributed by atoms with Gasteiger partial charge in [0.15, 0.2) is 0 Å². The maximum absolute atomic E-state index is 12.2. The number of hydrogen-bond donors (Lipinski definition) is 0. The number of ether oxygens (including phenoxy) is 2. The SMILES string of the molecule is CC(C)(C)OC(=O)N1CCC2(CCOc3ccccc32)CC1. The number of piperidine rings is 1. The van der Waals surface area contributed by atoms with E-state index in [4.69, 9.17) is 9.47 Å². The van der Waals surface area contributed by atoms with E-state index in [9.17, 15) is 4.79 Å². The van der Waals surface area contributed by atoms with Crippen LogP contribution in [0.1, 0.15) is 45.6 Å². The molecule has 0 radical (unpaired) electrons. The zero-order valence-electron chi connectivity index (χ0n) is 13.7. The molecule has 0 atom stereocenters. The van der Waals surface area contributed by atoms with E-state index in [0.717, 1.165) is 44.7 Å². The van der Waals surface area contributed by atoms with Gasteiger partial charge in [-0.15, -0.1) is 0 Å². The number of rotatable bonds is 0. The summed E-state index contributed by atoms with van der Waals surface area (Å²) in [4.78, 5) is 14.1. The summed E-state index contributed by atoms with van der Waals surface area (Å²) in [6.45, 7) is 8.00. The molecule has 0 saturated carbocycles. The fourth-order valence-corrected chi connectivity index (χ4v) is 3.48. The molecule has 0 bridgehead atoms. The van der Waals surface area contributed by atoms with Gasteiger partial charge in [-0.1, -0.05) is 18.2 Å². The first-order chi connectivity index (χ1) is 10.4. The molecule has 2 aliphatic heterocycles. The average Bonchev–Trinajstić information content (AvgIpc) is 2.47. The molecular weight excluding hydrogens is 278 g/mol. The summed E-state index contributed by atoms with van der Waals surface area (Å²) >= 11 is 0. The predicted octanol–water partition coefficient (Wildman–Crippen LogP) is 3.74. The third kappa shape index (κ3) is 2.92. The lowest BCUT2D eigenvalue weighted by atomic mass is 9.69. The summed E-state index contributed by atoms with van der Waals surface area (Å²) in [6, 6.07) is 8.33. The highest BCUT2D eigenvalue weighted by Crippen LogP contribution is 2.45. The first-order valence-corrected chi connectivity index (χ1v) is 8.10. The topological polar surface area (TPSA) is 38.8 Å². The molecule has 1 saturated heterocycles. The number of benzene rings is 1. The van der Waals surface area contributed by atoms with Crippen LogP contribution in [0, 0.1) is 0 Å². The Balaban J connectivity index is 1.71. The Morgan fingerprint density at radius 3 is 2.55 bits per heavy atom. The molecule has 1 aromatic rings. The van der Waals surface area contributed by atoms with Crippen LogP contribution in [0.5, 0.6) is 5.75 Å². The monoisotopic (exact) mass is 303 g/mol. The van der Waals surface area contributed by atoms with Crippen LogP contribution in [-0.2, 0) is 10.2 Å². The maximum Gasteiger partial charge on any atom is 0.410 e. The van der Waals surface area contributed by atoms with Crippen molar-refractivity contribution in [2.45, 2.75) is 51.0 Å². The number of amides is 1. The summed E-state index contributed by atoms with van der Waals surface area (Å²) in [6.07, 6.45) is 2.80. The minimum atomic E-state index is -0.433. The Morgan fingerprint density at radius 1 is 1.18 bits per heavy atom. The average molecular weight is 303 g/mol. The van der Waals surface area contributed by atoms with Gasteiger partial charge in [0.25, 0.3) is 0 Å². The molecule has 0 aromatic heterocycles. The highest BCUT2D eigenvalue weighted by atomic mass is 16.6. The third-order valence-electron chi connectivity index (χ3n) is 4.67. The van der Waals surface area contributed by atoms with Crippen molar-refractivity contribution in [3.63, 3.8) is 0 Å². The van der Waals surface area contributed by atoms with E-state index in [1.165, 1.54) is 5.56 Å². The largest absolute Gasteiger partial charge is 0.493 e. The molecule has 0 N–H and O–H groups in total. The standard InChI is InChI=1S/C18H25NO3/c1-17(2,3)22-16(20)19-11-8-18(9-12-19)10-13-21-15-7-5-4-6-14(15)18/h4-7H,8-13H2,1-3H3. The molecule has 1 amide bonds. The smallest absolute Gasteiger partial charge is 0.410 e. The Hall–Kier alpha value is -1.71. The summed E-state index contributed by atoms with van der Waals surface area (Å²) in [5, 5.41) is 0. The van der Waals surface area contributed by atoms with Gasteiger partial charge in [-0.25, -0.2) is 4.79 Å². The van der Waals surface area contributed by atoms with Crippen LogP contribution in [0.4, 0.5) is 4.79 Å². The summed E-state index contributed by atoms with van der Waals surface area (Å²) in [5.74, 6) is 1.01. The first-order valence-electron chi connectivity index (χ1n) is 8.10. The highest BCUT2D eigenvalue weighted by molar-refractivity contribution is 5.68. The van der Waals surface area contributed by atoms with Crippen LogP contribution < -0.4 is 4.74 Å². The molecule has 4 heteroatoms. The zero-order valence-corrected chi connectivity index (χ0v) is 13.7. The Bertz CT molecular complexity index is 554. The number of fused-ring (bicyclic) bond motifs is 2. The van der Waals surface area contributed by atoms with Crippen molar-refractivity contribution < 1.29 is 14.3 Å². The van der Waals surface area contributed by atoms with Gasteiger partial charge in [0, 0.05) is 24.1 Å². The molecule has 0 unspecified atom stereocenters. The lowest BCUT2D eigenvalue weighted by Crippen LogP contribution is -2.48. The Kier molecular flexibility index (Phi) is 3.79. The van der Waals surface area contributed by atoms with E-state index in [1.54, 1.807) is 0 Å². The van der Waals surface area contributed by atoms with E-state index in [2.05, 4.69) is 18.2 Å². The lowest BCUT2D eigenvalue weighted by Gasteiger charge is -2.45. The fraction of sp³-hybridized carbons (Fsp3) is 0.611. The van der Waals surface area contributed by atoms with Gasteiger partial charge in [0.1, 0.15) is 11.4 Å². The second-order valence-electron chi connectivity index (χ2n) is 7.34. The predicted molar refractivity (Wildman–Crippen MR) is 85.3 cm³/mol. The molecule has 120 valence electrons. The van der Waals surface area contributed by atoms with Crippen LogP contribution in [0.2, 0.25) is 0 Å². The number of carbonyl (C=O) groups is 1. The number of likely N-dealkylation sites (tertiary alicyclic amines) is 1. The molecule has 4 nitrogen and oxygen atoms in total. The molecule has 1 aromatic carbocycles. The maximum atomic E-state index is 12.2. The van der Waals surface area contributed by atoms with Gasteiger partial charge in [-0.05, 0) is 46.1 Å². The summed E-state index contributed by atoms with van der Waals surface area (Å²) in [7, 11) is 0. The first kappa shape index (κ1) is 15.2. The third-order valence-corrected chi connectivity index (χ3v) is 4.67. The van der Waals surface area contributed by atoms with Crippen molar-refractivity contribution in [3.8, 4) is 5.75 Å². The van der Waals surface area contributed by atoms with E-state index >= 15 is 0 Å². The van der Waals surface area contributed by atoms with E-state index in [0.29, 0.717) is 0 Å². The normalized spacial score (nSPS) is 20.2. The molecule has 0 aliphatic carbocycles. The van der Waals surface area contributed by atoms with Gasteiger partial charge in [-0.2, -0.15) is 0 Å². The second-order valence-corrected chi connectivity index (χ2v) is 7.34. The van der Waals surface area contributed by atoms with E-state index in [1.807, 2.05) is 31.7 Å². The summed E-state index contributed by atoms with van der Waals surface area (Å²) in [5.41, 5.74) is 1.04. The molecule has 22 heavy (non-hydrogen) atoms. The van der Waals surface area contributed by atoms with Crippen molar-refractivity contribution in [1.82, 2.24) is 4.90 Å². The number of nitrogens with zero attached hydrogens (tertiary/aromatic N) is 1. The number of hydrogen-bond acceptors (Lipinski definition) is 3. The van der Waals surface area contributed by atoms with E-state index in [-0.39, 0.29) is 11.5 Å². The van der Waals surface area contributed by atoms with Crippen molar-refractivity contribution in [2.75, 3.05) is 19.7 Å². The van der Waals surface area contributed by atoms with Crippen molar-refractivity contribution in [3.05, 3.63) is 29.8 Å². The molecule has 3 rings (SSSR count). The fourth-order valence-electron chi connectivity index (χ4n) is 3.48. The summed E-state index contributed by atoms with van der Waals surface area (Å²) < 4.78 is 11.3. The van der Waals surface area contributed by atoms with Gasteiger partial charge in [0.2, 0.25) is 0 Å². The molecule has 2 heterocycles. The van der Waals surface area contributed by atoms with Gasteiger partial charge < -0.3 is 14.4 Å². The van der Waals surface area contributed by atoms with Crippen LogP contribution in [0.3, 0.4) is 0 Å². The molecule has 1 fully saturated rings. The van der Waals surface area contributed by atoms with E-state index < -0.39 is 5.60 Å². The van der Waals surface area contributed by atoms with Crippen molar-refractivity contribution in [2.24, 2.45) is 0 Å². The molecule has 1 spiro atoms. The van der Waals surface area contributed by atoms with Crippen LogP contribution >= 0.6 is 0 Å². The van der Waals surface area contributed by atoms with Crippen LogP contribution in [0.15, 0.2) is 24.3 Å². The van der Waals surface area contributed by atoms with Gasteiger partial charge in [0.05, 0.1) is 6.61 Å². The minimum absolute atomic E-state index is 0.160. The van der Waals surface area contributed by atoms with Crippen LogP contribution in [-0.4, -0.2) is 36.3 Å². The van der Waals surface area contributed by atoms with Crippen molar-refractivity contribution in [1.29, 1.82) is 0 Å². The molecule has 2 aliphatic rings. The second kappa shape index (κ2) is 5.49. The van der Waals surface area contributed by atoms with Gasteiger partial charge >= 0.3 is 6.09 Å². The minimum Gasteiger partial charge on any atom is -0.493 e. The Labute approximate surface area is 132 Å².